The molecule has 0 amide bonds. The lowest BCUT2D eigenvalue weighted by Gasteiger charge is -2.11. The van der Waals surface area contributed by atoms with Crippen LogP contribution in [0.5, 0.6) is 11.5 Å². The Kier molecular flexibility index (Phi) is 5.46. The minimum Gasteiger partial charge on any atom is -0.497 e. The summed E-state index contributed by atoms with van der Waals surface area (Å²) in [5.41, 5.74) is 3.26. The van der Waals surface area contributed by atoms with Crippen molar-refractivity contribution < 1.29 is 14.6 Å². The number of hydrogen-bond acceptors (Lipinski definition) is 4. The molecule has 2 aromatic rings. The maximum atomic E-state index is 8.90. The summed E-state index contributed by atoms with van der Waals surface area (Å²) in [6, 6.07) is 13.9. The van der Waals surface area contributed by atoms with Crippen molar-refractivity contribution in [3.63, 3.8) is 0 Å². The van der Waals surface area contributed by atoms with Gasteiger partial charge in [0, 0.05) is 24.9 Å². The third-order valence-electron chi connectivity index (χ3n) is 3.26. The van der Waals surface area contributed by atoms with Crippen LogP contribution in [0.3, 0.4) is 0 Å². The van der Waals surface area contributed by atoms with Crippen LogP contribution in [0.25, 0.3) is 0 Å². The molecule has 0 spiro atoms. The number of hydrogen-bond donors (Lipinski definition) is 2. The fraction of sp³-hybridized carbons (Fsp3) is 0.294. The molecule has 0 bridgehead atoms. The Morgan fingerprint density at radius 1 is 0.905 bits per heavy atom. The summed E-state index contributed by atoms with van der Waals surface area (Å²) in [6.07, 6.45) is 0.688. The third-order valence-corrected chi connectivity index (χ3v) is 3.26. The highest BCUT2D eigenvalue weighted by Crippen LogP contribution is 2.23. The molecule has 0 heterocycles. The number of rotatable bonds is 7. The predicted molar refractivity (Wildman–Crippen MR) is 84.1 cm³/mol. The molecular formula is C17H21NO3. The Labute approximate surface area is 125 Å². The van der Waals surface area contributed by atoms with E-state index in [2.05, 4.69) is 5.32 Å². The van der Waals surface area contributed by atoms with Gasteiger partial charge in [-0.3, -0.25) is 0 Å². The molecule has 2 rings (SSSR count). The number of anilines is 1. The second-order valence-electron chi connectivity index (χ2n) is 4.74. The number of aliphatic hydroxyl groups excluding tert-OH is 1. The molecular weight excluding hydrogens is 266 g/mol. The maximum absolute atomic E-state index is 8.90. The number of methoxy groups -OCH3 is 2. The topological polar surface area (TPSA) is 50.7 Å². The van der Waals surface area contributed by atoms with Crippen molar-refractivity contribution in [3.05, 3.63) is 53.6 Å². The molecule has 0 fully saturated rings. The van der Waals surface area contributed by atoms with E-state index in [1.54, 1.807) is 14.2 Å². The summed E-state index contributed by atoms with van der Waals surface area (Å²) in [4.78, 5) is 0. The highest BCUT2D eigenvalue weighted by Gasteiger charge is 2.02. The van der Waals surface area contributed by atoms with E-state index in [0.717, 1.165) is 28.3 Å². The molecule has 4 heteroatoms. The first-order chi connectivity index (χ1) is 10.2. The van der Waals surface area contributed by atoms with Crippen molar-refractivity contribution in [2.45, 2.75) is 13.0 Å². The molecule has 112 valence electrons. The SMILES string of the molecule is COc1cc(CNc2ccc(CCO)cc2)cc(OC)c1. The smallest absolute Gasteiger partial charge is 0.122 e. The van der Waals surface area contributed by atoms with Crippen LogP contribution < -0.4 is 14.8 Å². The van der Waals surface area contributed by atoms with E-state index in [-0.39, 0.29) is 6.61 Å². The average molecular weight is 287 g/mol. The zero-order chi connectivity index (χ0) is 15.1. The normalized spacial score (nSPS) is 10.2. The Balaban J connectivity index is 2.01. The van der Waals surface area contributed by atoms with Crippen LogP contribution in [0.15, 0.2) is 42.5 Å². The van der Waals surface area contributed by atoms with E-state index >= 15 is 0 Å². The highest BCUT2D eigenvalue weighted by atomic mass is 16.5. The molecule has 0 aliphatic heterocycles. The van der Waals surface area contributed by atoms with E-state index in [9.17, 15) is 0 Å². The van der Waals surface area contributed by atoms with Crippen LogP contribution in [-0.2, 0) is 13.0 Å². The van der Waals surface area contributed by atoms with Gasteiger partial charge in [-0.1, -0.05) is 12.1 Å². The van der Waals surface area contributed by atoms with Crippen LogP contribution in [0, 0.1) is 0 Å². The molecule has 21 heavy (non-hydrogen) atoms. The van der Waals surface area contributed by atoms with Gasteiger partial charge in [0.25, 0.3) is 0 Å². The fourth-order valence-electron chi connectivity index (χ4n) is 2.09. The van der Waals surface area contributed by atoms with Gasteiger partial charge >= 0.3 is 0 Å². The van der Waals surface area contributed by atoms with E-state index < -0.39 is 0 Å². The van der Waals surface area contributed by atoms with Crippen LogP contribution in [-0.4, -0.2) is 25.9 Å². The van der Waals surface area contributed by atoms with E-state index in [1.165, 1.54) is 0 Å². The number of ether oxygens (including phenoxy) is 2. The zero-order valence-corrected chi connectivity index (χ0v) is 12.4. The van der Waals surface area contributed by atoms with Gasteiger partial charge in [-0.05, 0) is 41.8 Å². The highest BCUT2D eigenvalue weighted by molar-refractivity contribution is 5.46. The first-order valence-corrected chi connectivity index (χ1v) is 6.91. The average Bonchev–Trinajstić information content (AvgIpc) is 2.54. The van der Waals surface area contributed by atoms with Crippen LogP contribution in [0.4, 0.5) is 5.69 Å². The van der Waals surface area contributed by atoms with Gasteiger partial charge < -0.3 is 19.9 Å². The molecule has 0 saturated carbocycles. The molecule has 0 unspecified atom stereocenters. The minimum absolute atomic E-state index is 0.177. The summed E-state index contributed by atoms with van der Waals surface area (Å²) in [6.45, 7) is 0.864. The van der Waals surface area contributed by atoms with E-state index in [4.69, 9.17) is 14.6 Å². The predicted octanol–water partition coefficient (Wildman–Crippen LogP) is 2.85. The van der Waals surface area contributed by atoms with Crippen LogP contribution >= 0.6 is 0 Å². The first-order valence-electron chi connectivity index (χ1n) is 6.91. The molecule has 4 nitrogen and oxygen atoms in total. The lowest BCUT2D eigenvalue weighted by Crippen LogP contribution is -2.01. The monoisotopic (exact) mass is 287 g/mol. The molecule has 2 aromatic carbocycles. The maximum Gasteiger partial charge on any atom is 0.122 e. The molecule has 2 N–H and O–H groups in total. The summed E-state index contributed by atoms with van der Waals surface area (Å²) in [7, 11) is 3.29. The third kappa shape index (κ3) is 4.39. The molecule has 0 aromatic heterocycles. The molecule has 0 radical (unpaired) electrons. The summed E-state index contributed by atoms with van der Waals surface area (Å²) >= 11 is 0. The summed E-state index contributed by atoms with van der Waals surface area (Å²) < 4.78 is 10.5. The van der Waals surface area contributed by atoms with Crippen molar-refractivity contribution in [2.75, 3.05) is 26.1 Å². The Hall–Kier alpha value is -2.20. The number of nitrogens with one attached hydrogen (secondary N) is 1. The van der Waals surface area contributed by atoms with Gasteiger partial charge in [0.2, 0.25) is 0 Å². The standard InChI is InChI=1S/C17H21NO3/c1-20-16-9-14(10-17(11-16)21-2)12-18-15-5-3-13(4-6-15)7-8-19/h3-6,9-11,18-19H,7-8,12H2,1-2H3. The first kappa shape index (κ1) is 15.2. The summed E-state index contributed by atoms with van der Waals surface area (Å²) in [5, 5.41) is 12.3. The van der Waals surface area contributed by atoms with Gasteiger partial charge in [0.15, 0.2) is 0 Å². The molecule has 0 atom stereocenters. The number of benzene rings is 2. The Morgan fingerprint density at radius 3 is 2.05 bits per heavy atom. The van der Waals surface area contributed by atoms with Crippen molar-refractivity contribution in [1.29, 1.82) is 0 Å². The van der Waals surface area contributed by atoms with E-state index in [1.807, 2.05) is 42.5 Å². The minimum atomic E-state index is 0.177. The van der Waals surface area contributed by atoms with Crippen molar-refractivity contribution >= 4 is 5.69 Å². The van der Waals surface area contributed by atoms with Gasteiger partial charge in [-0.25, -0.2) is 0 Å². The van der Waals surface area contributed by atoms with Gasteiger partial charge in [-0.15, -0.1) is 0 Å². The van der Waals surface area contributed by atoms with Crippen LogP contribution in [0.1, 0.15) is 11.1 Å². The van der Waals surface area contributed by atoms with Crippen molar-refractivity contribution in [2.24, 2.45) is 0 Å². The zero-order valence-electron chi connectivity index (χ0n) is 12.4. The Bertz CT molecular complexity index is 544. The van der Waals surface area contributed by atoms with Crippen molar-refractivity contribution in [3.8, 4) is 11.5 Å². The van der Waals surface area contributed by atoms with Gasteiger partial charge in [-0.2, -0.15) is 0 Å². The van der Waals surface area contributed by atoms with Crippen molar-refractivity contribution in [1.82, 2.24) is 0 Å². The Morgan fingerprint density at radius 2 is 1.52 bits per heavy atom. The van der Waals surface area contributed by atoms with Crippen LogP contribution in [0.2, 0.25) is 0 Å². The fourth-order valence-corrected chi connectivity index (χ4v) is 2.09. The quantitative estimate of drug-likeness (QED) is 0.822. The van der Waals surface area contributed by atoms with E-state index in [0.29, 0.717) is 13.0 Å². The lowest BCUT2D eigenvalue weighted by atomic mass is 10.1. The number of aliphatic hydroxyl groups is 1. The van der Waals surface area contributed by atoms with Gasteiger partial charge in [0.05, 0.1) is 14.2 Å². The molecule has 0 aliphatic rings. The lowest BCUT2D eigenvalue weighted by molar-refractivity contribution is 0.299. The summed E-state index contributed by atoms with van der Waals surface area (Å²) in [5.74, 6) is 1.56. The molecule has 0 aliphatic carbocycles. The second kappa shape index (κ2) is 7.55. The molecule has 0 saturated heterocycles. The van der Waals surface area contributed by atoms with Gasteiger partial charge in [0.1, 0.15) is 11.5 Å². The largest absolute Gasteiger partial charge is 0.497 e. The second-order valence-corrected chi connectivity index (χ2v) is 4.74.